The zero-order valence-corrected chi connectivity index (χ0v) is 11.8. The van der Waals surface area contributed by atoms with Crippen molar-refractivity contribution in [3.63, 3.8) is 0 Å². The van der Waals surface area contributed by atoms with Crippen molar-refractivity contribution in [2.24, 2.45) is 0 Å². The average molecular weight is 301 g/mol. The fourth-order valence-electron chi connectivity index (χ4n) is 2.25. The molecule has 2 nitrogen and oxygen atoms in total. The number of nitrogens with one attached hydrogen (secondary N) is 1. The summed E-state index contributed by atoms with van der Waals surface area (Å²) < 4.78 is 14.1. The molecule has 0 saturated carbocycles. The molecule has 1 aromatic rings. The van der Waals surface area contributed by atoms with Gasteiger partial charge in [-0.25, -0.2) is 4.39 Å². The van der Waals surface area contributed by atoms with E-state index in [1.807, 2.05) is 0 Å². The monoisotopic (exact) mass is 300 g/mol. The summed E-state index contributed by atoms with van der Waals surface area (Å²) in [6.07, 6.45) is 2.20. The Balaban J connectivity index is 2.03. The van der Waals surface area contributed by atoms with Gasteiger partial charge >= 0.3 is 0 Å². The summed E-state index contributed by atoms with van der Waals surface area (Å²) in [5, 5.41) is 3.43. The highest BCUT2D eigenvalue weighted by molar-refractivity contribution is 9.10. The molecule has 1 fully saturated rings. The summed E-state index contributed by atoms with van der Waals surface area (Å²) in [7, 11) is 2.15. The first-order valence-electron chi connectivity index (χ1n) is 5.98. The minimum Gasteiger partial charge on any atom is -0.381 e. The fourth-order valence-corrected chi connectivity index (χ4v) is 2.61. The first-order valence-corrected chi connectivity index (χ1v) is 6.77. The van der Waals surface area contributed by atoms with Gasteiger partial charge in [-0.3, -0.25) is 0 Å². The smallest absolute Gasteiger partial charge is 0.125 e. The Hall–Kier alpha value is -0.610. The number of anilines is 1. The van der Waals surface area contributed by atoms with E-state index in [-0.39, 0.29) is 5.82 Å². The van der Waals surface area contributed by atoms with Gasteiger partial charge in [0.2, 0.25) is 0 Å². The fraction of sp³-hybridized carbons (Fsp3) is 0.538. The molecule has 2 unspecified atom stereocenters. The molecule has 0 spiro atoms. The van der Waals surface area contributed by atoms with Crippen LogP contribution in [0.1, 0.15) is 19.8 Å². The topological polar surface area (TPSA) is 15.3 Å². The second kappa shape index (κ2) is 5.36. The molecule has 1 heterocycles. The van der Waals surface area contributed by atoms with E-state index in [9.17, 15) is 4.39 Å². The van der Waals surface area contributed by atoms with Crippen molar-refractivity contribution in [3.05, 3.63) is 28.5 Å². The first-order chi connectivity index (χ1) is 8.06. The van der Waals surface area contributed by atoms with Crippen LogP contribution in [-0.4, -0.2) is 30.6 Å². The summed E-state index contributed by atoms with van der Waals surface area (Å²) >= 11 is 3.44. The number of hydrogen-bond acceptors (Lipinski definition) is 2. The normalized spacial score (nSPS) is 25.9. The number of rotatable bonds is 2. The van der Waals surface area contributed by atoms with Crippen molar-refractivity contribution >= 4 is 21.6 Å². The molecule has 0 bridgehead atoms. The van der Waals surface area contributed by atoms with E-state index in [2.05, 4.69) is 40.1 Å². The van der Waals surface area contributed by atoms with Gasteiger partial charge in [0, 0.05) is 23.1 Å². The summed E-state index contributed by atoms with van der Waals surface area (Å²) in [5.74, 6) is -0.198. The van der Waals surface area contributed by atoms with Crippen LogP contribution in [0.2, 0.25) is 0 Å². The zero-order valence-electron chi connectivity index (χ0n) is 10.2. The first kappa shape index (κ1) is 12.8. The predicted octanol–water partition coefficient (Wildman–Crippen LogP) is 3.48. The third kappa shape index (κ3) is 3.19. The second-order valence-electron chi connectivity index (χ2n) is 4.82. The Morgan fingerprint density at radius 1 is 1.47 bits per heavy atom. The van der Waals surface area contributed by atoms with Gasteiger partial charge in [-0.2, -0.15) is 0 Å². The van der Waals surface area contributed by atoms with Crippen molar-refractivity contribution in [1.29, 1.82) is 0 Å². The van der Waals surface area contributed by atoms with Gasteiger partial charge in [0.05, 0.1) is 5.69 Å². The SMILES string of the molecule is CC1CC(Nc2cc(F)ccc2Br)CCN1C. The van der Waals surface area contributed by atoms with Crippen molar-refractivity contribution in [3.8, 4) is 0 Å². The van der Waals surface area contributed by atoms with E-state index < -0.39 is 0 Å². The van der Waals surface area contributed by atoms with Crippen LogP contribution in [-0.2, 0) is 0 Å². The lowest BCUT2D eigenvalue weighted by Gasteiger charge is -2.36. The molecule has 1 saturated heterocycles. The molecule has 94 valence electrons. The highest BCUT2D eigenvalue weighted by atomic mass is 79.9. The molecule has 4 heteroatoms. The number of hydrogen-bond donors (Lipinski definition) is 1. The van der Waals surface area contributed by atoms with Crippen LogP contribution in [0.4, 0.5) is 10.1 Å². The molecule has 17 heavy (non-hydrogen) atoms. The summed E-state index contributed by atoms with van der Waals surface area (Å²) in [4.78, 5) is 2.36. The highest BCUT2D eigenvalue weighted by Crippen LogP contribution is 2.26. The van der Waals surface area contributed by atoms with Crippen LogP contribution in [0.25, 0.3) is 0 Å². The van der Waals surface area contributed by atoms with E-state index in [1.165, 1.54) is 6.07 Å². The third-order valence-electron chi connectivity index (χ3n) is 3.50. The van der Waals surface area contributed by atoms with Gasteiger partial charge in [0.1, 0.15) is 5.82 Å². The van der Waals surface area contributed by atoms with Gasteiger partial charge in [0.25, 0.3) is 0 Å². The molecule has 2 atom stereocenters. The molecule has 0 radical (unpaired) electrons. The van der Waals surface area contributed by atoms with Gasteiger partial charge in [-0.05, 0) is 60.9 Å². The van der Waals surface area contributed by atoms with Gasteiger partial charge < -0.3 is 10.2 Å². The molecule has 1 aliphatic heterocycles. The molecule has 2 rings (SSSR count). The molecule has 1 aliphatic rings. The van der Waals surface area contributed by atoms with Crippen LogP contribution in [0.15, 0.2) is 22.7 Å². The maximum Gasteiger partial charge on any atom is 0.125 e. The summed E-state index contributed by atoms with van der Waals surface area (Å²) in [5.41, 5.74) is 0.853. The van der Waals surface area contributed by atoms with Gasteiger partial charge in [-0.1, -0.05) is 0 Å². The van der Waals surface area contributed by atoms with Crippen molar-refractivity contribution in [1.82, 2.24) is 4.90 Å². The van der Waals surface area contributed by atoms with Crippen LogP contribution in [0.3, 0.4) is 0 Å². The van der Waals surface area contributed by atoms with Crippen LogP contribution < -0.4 is 5.32 Å². The van der Waals surface area contributed by atoms with Crippen LogP contribution in [0.5, 0.6) is 0 Å². The Labute approximate surface area is 110 Å². The lowest BCUT2D eigenvalue weighted by Crippen LogP contribution is -2.42. The molecule has 1 N–H and O–H groups in total. The number of halogens is 2. The standard InChI is InChI=1S/C13H18BrFN2/c1-9-7-11(5-6-17(9)2)16-13-8-10(15)3-4-12(13)14/h3-4,8-9,11,16H,5-7H2,1-2H3. The van der Waals surface area contributed by atoms with E-state index in [0.717, 1.165) is 29.5 Å². The Morgan fingerprint density at radius 2 is 2.24 bits per heavy atom. The number of likely N-dealkylation sites (tertiary alicyclic amines) is 1. The minimum atomic E-state index is -0.198. The number of piperidine rings is 1. The summed E-state index contributed by atoms with van der Waals surface area (Å²) in [6.45, 7) is 3.32. The van der Waals surface area contributed by atoms with E-state index in [4.69, 9.17) is 0 Å². The quantitative estimate of drug-likeness (QED) is 0.899. The molecule has 0 aliphatic carbocycles. The molecular formula is C13H18BrFN2. The maximum absolute atomic E-state index is 13.2. The van der Waals surface area contributed by atoms with Crippen molar-refractivity contribution < 1.29 is 4.39 Å². The van der Waals surface area contributed by atoms with Crippen molar-refractivity contribution in [2.75, 3.05) is 18.9 Å². The predicted molar refractivity (Wildman–Crippen MR) is 72.8 cm³/mol. The number of benzene rings is 1. The van der Waals surface area contributed by atoms with Crippen LogP contribution in [0, 0.1) is 5.82 Å². The molecule has 0 aromatic heterocycles. The number of nitrogens with zero attached hydrogens (tertiary/aromatic N) is 1. The lowest BCUT2D eigenvalue weighted by molar-refractivity contribution is 0.190. The largest absolute Gasteiger partial charge is 0.381 e. The van der Waals surface area contributed by atoms with Gasteiger partial charge in [-0.15, -0.1) is 0 Å². The molecule has 1 aromatic carbocycles. The average Bonchev–Trinajstić information content (AvgIpc) is 2.29. The second-order valence-corrected chi connectivity index (χ2v) is 5.67. The lowest BCUT2D eigenvalue weighted by atomic mass is 9.99. The summed E-state index contributed by atoms with van der Waals surface area (Å²) in [6, 6.07) is 5.77. The third-order valence-corrected chi connectivity index (χ3v) is 4.19. The van der Waals surface area contributed by atoms with Crippen molar-refractivity contribution in [2.45, 2.75) is 31.8 Å². The minimum absolute atomic E-state index is 0.198. The Morgan fingerprint density at radius 3 is 2.94 bits per heavy atom. The highest BCUT2D eigenvalue weighted by Gasteiger charge is 2.22. The van der Waals surface area contributed by atoms with E-state index in [1.54, 1.807) is 12.1 Å². The Kier molecular flexibility index (Phi) is 4.05. The molecular weight excluding hydrogens is 283 g/mol. The van der Waals surface area contributed by atoms with E-state index >= 15 is 0 Å². The maximum atomic E-state index is 13.2. The zero-order chi connectivity index (χ0) is 12.4. The van der Waals surface area contributed by atoms with Gasteiger partial charge in [0.15, 0.2) is 0 Å². The molecule has 0 amide bonds. The van der Waals surface area contributed by atoms with Crippen LogP contribution >= 0.6 is 15.9 Å². The van der Waals surface area contributed by atoms with E-state index in [0.29, 0.717) is 12.1 Å². The Bertz CT molecular complexity index is 397.